The number of ether oxygens (including phenoxy) is 1. The van der Waals surface area contributed by atoms with Gasteiger partial charge in [0.1, 0.15) is 8.80 Å². The number of hydrogen-bond acceptors (Lipinski definition) is 1. The summed E-state index contributed by atoms with van der Waals surface area (Å²) in [6.07, 6.45) is 3.85. The van der Waals surface area contributed by atoms with Gasteiger partial charge in [0.15, 0.2) is 0 Å². The SMILES string of the molecule is C[SiH2]C1([SiH](c2ccccc2)c2ccccc2)CCCCO1.[H+]. The maximum absolute atomic E-state index is 6.51. The van der Waals surface area contributed by atoms with Crippen molar-refractivity contribution in [1.29, 1.82) is 0 Å². The van der Waals surface area contributed by atoms with E-state index in [9.17, 15) is 0 Å². The molecule has 110 valence electrons. The van der Waals surface area contributed by atoms with Gasteiger partial charge in [0.05, 0.1) is 14.4 Å². The van der Waals surface area contributed by atoms with Crippen LogP contribution in [0.2, 0.25) is 6.55 Å². The van der Waals surface area contributed by atoms with Crippen molar-refractivity contribution in [1.82, 2.24) is 0 Å². The molecule has 2 aromatic rings. The highest BCUT2D eigenvalue weighted by Gasteiger charge is 2.42. The zero-order valence-corrected chi connectivity index (χ0v) is 15.4. The molecule has 0 bridgehead atoms. The molecule has 1 atom stereocenters. The van der Waals surface area contributed by atoms with Gasteiger partial charge in [-0.2, -0.15) is 0 Å². The molecule has 1 saturated heterocycles. The molecule has 0 aliphatic carbocycles. The summed E-state index contributed by atoms with van der Waals surface area (Å²) in [7, 11) is -1.56. The standard InChI is InChI=1S/C18H24OSi2/c1-20-18(14-8-9-15-19-18)21(16-10-4-2-5-11-16)17-12-6-3-7-13-17/h2-7,10-13,21H,8-9,14-15,20H2,1H3/p+1. The first-order valence-corrected chi connectivity index (χ1v) is 11.9. The molecule has 1 unspecified atom stereocenters. The van der Waals surface area contributed by atoms with Gasteiger partial charge in [-0.05, 0) is 19.3 Å². The number of hydrogen-bond donors (Lipinski definition) is 0. The van der Waals surface area contributed by atoms with E-state index in [4.69, 9.17) is 4.74 Å². The Morgan fingerprint density at radius 2 is 1.52 bits per heavy atom. The Kier molecular flexibility index (Phi) is 4.73. The molecule has 2 aromatic carbocycles. The zero-order chi connectivity index (χ0) is 14.5. The normalized spacial score (nSPS) is 23.0. The van der Waals surface area contributed by atoms with Crippen LogP contribution in [0.1, 0.15) is 20.7 Å². The van der Waals surface area contributed by atoms with Gasteiger partial charge < -0.3 is 4.74 Å². The van der Waals surface area contributed by atoms with E-state index in [2.05, 4.69) is 67.2 Å². The van der Waals surface area contributed by atoms with E-state index in [1.54, 1.807) is 10.4 Å². The molecular formula is C18H25OSi2+. The predicted octanol–water partition coefficient (Wildman–Crippen LogP) is 1.79. The average Bonchev–Trinajstić information content (AvgIpc) is 2.58. The molecular weight excluding hydrogens is 288 g/mol. The van der Waals surface area contributed by atoms with Crippen LogP contribution in [0.15, 0.2) is 60.7 Å². The smallest absolute Gasteiger partial charge is 0.382 e. The lowest BCUT2D eigenvalue weighted by atomic mass is 10.2. The second kappa shape index (κ2) is 6.73. The maximum atomic E-state index is 6.51. The van der Waals surface area contributed by atoms with Gasteiger partial charge in [-0.25, -0.2) is 0 Å². The van der Waals surface area contributed by atoms with Crippen molar-refractivity contribution in [3.05, 3.63) is 60.7 Å². The predicted molar refractivity (Wildman–Crippen MR) is 97.4 cm³/mol. The lowest BCUT2D eigenvalue weighted by molar-refractivity contribution is 0.0327. The van der Waals surface area contributed by atoms with E-state index in [0.717, 1.165) is 6.61 Å². The van der Waals surface area contributed by atoms with Crippen LogP contribution in [0, 0.1) is 0 Å². The van der Waals surface area contributed by atoms with Crippen LogP contribution in [0.25, 0.3) is 0 Å². The molecule has 21 heavy (non-hydrogen) atoms. The lowest BCUT2D eigenvalue weighted by Crippen LogP contribution is -2.65. The van der Waals surface area contributed by atoms with Crippen LogP contribution < -0.4 is 10.4 Å². The summed E-state index contributed by atoms with van der Waals surface area (Å²) in [4.78, 5) is 0.223. The van der Waals surface area contributed by atoms with Crippen LogP contribution in [-0.2, 0) is 4.74 Å². The van der Waals surface area contributed by atoms with E-state index in [1.165, 1.54) is 19.3 Å². The molecule has 1 aliphatic rings. The second-order valence-electron chi connectivity index (χ2n) is 5.98. The highest BCUT2D eigenvalue weighted by atomic mass is 28.3. The van der Waals surface area contributed by atoms with Gasteiger partial charge in [0, 0.05) is 6.61 Å². The van der Waals surface area contributed by atoms with E-state index in [0.29, 0.717) is 0 Å². The first-order chi connectivity index (χ1) is 10.4. The van der Waals surface area contributed by atoms with Crippen molar-refractivity contribution in [3.8, 4) is 0 Å². The van der Waals surface area contributed by atoms with E-state index >= 15 is 0 Å². The maximum Gasteiger partial charge on any atom is 1.00 e. The average molecular weight is 314 g/mol. The first-order valence-electron chi connectivity index (χ1n) is 8.09. The first kappa shape index (κ1) is 14.8. The summed E-state index contributed by atoms with van der Waals surface area (Å²) >= 11 is 0. The summed E-state index contributed by atoms with van der Waals surface area (Å²) in [6.45, 7) is 3.40. The van der Waals surface area contributed by atoms with Gasteiger partial charge in [0.2, 0.25) is 0 Å². The van der Waals surface area contributed by atoms with Gasteiger partial charge in [-0.3, -0.25) is 0 Å². The Morgan fingerprint density at radius 3 is 1.95 bits per heavy atom. The monoisotopic (exact) mass is 313 g/mol. The van der Waals surface area contributed by atoms with Gasteiger partial charge in [-0.1, -0.05) is 77.6 Å². The van der Waals surface area contributed by atoms with Crippen molar-refractivity contribution in [2.75, 3.05) is 6.61 Å². The minimum atomic E-state index is -1.33. The minimum Gasteiger partial charge on any atom is -0.382 e. The molecule has 3 rings (SSSR count). The molecule has 0 radical (unpaired) electrons. The third-order valence-electron chi connectivity index (χ3n) is 4.77. The third kappa shape index (κ3) is 3.05. The van der Waals surface area contributed by atoms with Gasteiger partial charge >= 0.3 is 1.43 Å². The molecule has 1 aliphatic heterocycles. The molecule has 1 heterocycles. The molecule has 1 nitrogen and oxygen atoms in total. The third-order valence-corrected chi connectivity index (χ3v) is 12.6. The summed E-state index contributed by atoms with van der Waals surface area (Å²) < 4.78 is 6.51. The minimum absolute atomic E-state index is 0. The van der Waals surface area contributed by atoms with Crippen LogP contribution in [0.5, 0.6) is 0 Å². The van der Waals surface area contributed by atoms with Crippen molar-refractivity contribution in [2.45, 2.75) is 30.7 Å². The molecule has 0 aromatic heterocycles. The summed E-state index contributed by atoms with van der Waals surface area (Å²) in [5, 5.41) is 3.08. The fourth-order valence-electron chi connectivity index (χ4n) is 3.68. The molecule has 3 heteroatoms. The van der Waals surface area contributed by atoms with Crippen molar-refractivity contribution < 1.29 is 6.16 Å². The fourth-order valence-corrected chi connectivity index (χ4v) is 11.3. The Labute approximate surface area is 133 Å². The van der Waals surface area contributed by atoms with E-state index < -0.39 is 8.80 Å². The Morgan fingerprint density at radius 1 is 0.952 bits per heavy atom. The number of rotatable bonds is 4. The topological polar surface area (TPSA) is 9.23 Å². The molecule has 0 amide bonds. The van der Waals surface area contributed by atoms with Crippen LogP contribution in [0.3, 0.4) is 0 Å². The van der Waals surface area contributed by atoms with E-state index in [-0.39, 0.29) is 15.8 Å². The summed E-state index contributed by atoms with van der Waals surface area (Å²) in [6, 6.07) is 22.3. The van der Waals surface area contributed by atoms with E-state index in [1.807, 2.05) is 0 Å². The summed E-state index contributed by atoms with van der Waals surface area (Å²) in [5.41, 5.74) is 0. The summed E-state index contributed by atoms with van der Waals surface area (Å²) in [5.74, 6) is 0. The van der Waals surface area contributed by atoms with Gasteiger partial charge in [-0.15, -0.1) is 0 Å². The lowest BCUT2D eigenvalue weighted by Gasteiger charge is -2.43. The van der Waals surface area contributed by atoms with Crippen LogP contribution >= 0.6 is 0 Å². The van der Waals surface area contributed by atoms with Crippen molar-refractivity contribution in [2.24, 2.45) is 0 Å². The molecule has 0 spiro atoms. The highest BCUT2D eigenvalue weighted by molar-refractivity contribution is 6.93. The van der Waals surface area contributed by atoms with Crippen LogP contribution in [0.4, 0.5) is 0 Å². The number of benzene rings is 2. The second-order valence-corrected chi connectivity index (χ2v) is 12.0. The molecule has 0 saturated carbocycles. The van der Waals surface area contributed by atoms with Gasteiger partial charge in [0.25, 0.3) is 0 Å². The molecule has 0 N–H and O–H groups in total. The van der Waals surface area contributed by atoms with Crippen LogP contribution in [-0.4, -0.2) is 29.8 Å². The fraction of sp³-hybridized carbons (Fsp3) is 0.333. The Bertz CT molecular complexity index is 516. The zero-order valence-electron chi connectivity index (χ0n) is 13.8. The quantitative estimate of drug-likeness (QED) is 0.782. The highest BCUT2D eigenvalue weighted by Crippen LogP contribution is 2.27. The molecule has 1 fully saturated rings. The Hall–Kier alpha value is -1.17. The van der Waals surface area contributed by atoms with Crippen molar-refractivity contribution in [3.63, 3.8) is 0 Å². The van der Waals surface area contributed by atoms with Crippen molar-refractivity contribution >= 4 is 28.7 Å². The largest absolute Gasteiger partial charge is 1.00 e. The Balaban J connectivity index is 0.00000176.